The molecule has 108 valence electrons. The summed E-state index contributed by atoms with van der Waals surface area (Å²) in [5.41, 5.74) is 2.99. The van der Waals surface area contributed by atoms with Gasteiger partial charge in [-0.15, -0.1) is 11.6 Å². The molecule has 0 saturated heterocycles. The zero-order valence-electron chi connectivity index (χ0n) is 11.8. The van der Waals surface area contributed by atoms with E-state index in [0.717, 1.165) is 35.7 Å². The van der Waals surface area contributed by atoms with Crippen molar-refractivity contribution < 1.29 is 4.74 Å². The molecule has 0 bridgehead atoms. The Hall–Kier alpha value is -2.07. The van der Waals surface area contributed by atoms with Crippen molar-refractivity contribution in [3.8, 4) is 5.75 Å². The van der Waals surface area contributed by atoms with Gasteiger partial charge in [-0.25, -0.2) is 9.97 Å². The molecule has 2 heterocycles. The van der Waals surface area contributed by atoms with E-state index in [2.05, 4.69) is 20.6 Å². The number of alkyl halides is 1. The first-order valence-corrected chi connectivity index (χ1v) is 7.34. The van der Waals surface area contributed by atoms with E-state index in [-0.39, 0.29) is 0 Å². The summed E-state index contributed by atoms with van der Waals surface area (Å²) in [6, 6.07) is 11.9. The predicted octanol–water partition coefficient (Wildman–Crippen LogP) is 3.42. The Balaban J connectivity index is 1.87. The number of ether oxygens (including phenoxy) is 1. The monoisotopic (exact) mass is 301 g/mol. The van der Waals surface area contributed by atoms with Gasteiger partial charge in [-0.1, -0.05) is 12.1 Å². The highest BCUT2D eigenvalue weighted by Gasteiger charge is 2.10. The molecule has 0 aliphatic rings. The predicted molar refractivity (Wildman–Crippen MR) is 83.8 cm³/mol. The van der Waals surface area contributed by atoms with Crippen LogP contribution in [0.4, 0.5) is 0 Å². The first-order chi connectivity index (χ1) is 10.3. The molecule has 3 rings (SSSR count). The van der Waals surface area contributed by atoms with Crippen LogP contribution in [-0.2, 0) is 18.8 Å². The van der Waals surface area contributed by atoms with E-state index in [1.807, 2.05) is 30.3 Å². The van der Waals surface area contributed by atoms with Gasteiger partial charge >= 0.3 is 0 Å². The van der Waals surface area contributed by atoms with Crippen molar-refractivity contribution in [2.75, 3.05) is 7.11 Å². The lowest BCUT2D eigenvalue weighted by Gasteiger charge is -2.08. The molecule has 0 saturated carbocycles. The summed E-state index contributed by atoms with van der Waals surface area (Å²) >= 11 is 6.00. The first-order valence-electron chi connectivity index (χ1n) is 6.81. The van der Waals surface area contributed by atoms with Crippen LogP contribution in [0.1, 0.15) is 11.4 Å². The number of hydrogen-bond donors (Lipinski definition) is 0. The van der Waals surface area contributed by atoms with Crippen LogP contribution in [-0.4, -0.2) is 21.6 Å². The second kappa shape index (κ2) is 6.14. The molecule has 3 aromatic rings. The van der Waals surface area contributed by atoms with Crippen molar-refractivity contribution >= 4 is 22.8 Å². The number of imidazole rings is 1. The van der Waals surface area contributed by atoms with Gasteiger partial charge in [0, 0.05) is 12.7 Å². The fourth-order valence-corrected chi connectivity index (χ4v) is 2.62. The Labute approximate surface area is 128 Å². The van der Waals surface area contributed by atoms with E-state index in [9.17, 15) is 0 Å². The number of benzene rings is 1. The van der Waals surface area contributed by atoms with Gasteiger partial charge in [0.05, 0.1) is 13.0 Å². The van der Waals surface area contributed by atoms with Crippen LogP contribution in [0.25, 0.3) is 11.2 Å². The Bertz CT molecular complexity index is 754. The molecular formula is C16H16ClN3O. The van der Waals surface area contributed by atoms with Crippen molar-refractivity contribution in [1.82, 2.24) is 14.5 Å². The Kier molecular flexibility index (Phi) is 4.06. The SMILES string of the molecule is COc1cccc(CCn2c(CCl)nc3cccnc32)c1. The lowest BCUT2D eigenvalue weighted by atomic mass is 10.1. The number of methoxy groups -OCH3 is 1. The Morgan fingerprint density at radius 3 is 2.95 bits per heavy atom. The maximum absolute atomic E-state index is 6.00. The van der Waals surface area contributed by atoms with Gasteiger partial charge in [0.25, 0.3) is 0 Å². The van der Waals surface area contributed by atoms with Gasteiger partial charge in [-0.3, -0.25) is 0 Å². The molecule has 0 spiro atoms. The minimum atomic E-state index is 0.383. The highest BCUT2D eigenvalue weighted by molar-refractivity contribution is 6.16. The fraction of sp³-hybridized carbons (Fsp3) is 0.250. The highest BCUT2D eigenvalue weighted by Crippen LogP contribution is 2.18. The summed E-state index contributed by atoms with van der Waals surface area (Å²) in [6.45, 7) is 0.794. The average molecular weight is 302 g/mol. The van der Waals surface area contributed by atoms with E-state index in [4.69, 9.17) is 16.3 Å². The number of nitrogens with zero attached hydrogens (tertiary/aromatic N) is 3. The molecule has 2 aromatic heterocycles. The number of halogens is 1. The van der Waals surface area contributed by atoms with Crippen LogP contribution in [0.2, 0.25) is 0 Å². The average Bonchev–Trinajstić information content (AvgIpc) is 2.91. The van der Waals surface area contributed by atoms with E-state index >= 15 is 0 Å². The van der Waals surface area contributed by atoms with Gasteiger partial charge < -0.3 is 9.30 Å². The van der Waals surface area contributed by atoms with E-state index in [1.165, 1.54) is 5.56 Å². The zero-order chi connectivity index (χ0) is 14.7. The summed E-state index contributed by atoms with van der Waals surface area (Å²) in [5, 5.41) is 0. The molecule has 1 aromatic carbocycles. The number of fused-ring (bicyclic) bond motifs is 1. The summed E-state index contributed by atoms with van der Waals surface area (Å²) in [6.07, 6.45) is 2.66. The third kappa shape index (κ3) is 2.85. The minimum Gasteiger partial charge on any atom is -0.497 e. The Morgan fingerprint density at radius 1 is 1.24 bits per heavy atom. The van der Waals surface area contributed by atoms with Crippen molar-refractivity contribution in [3.63, 3.8) is 0 Å². The lowest BCUT2D eigenvalue weighted by molar-refractivity contribution is 0.414. The summed E-state index contributed by atoms with van der Waals surface area (Å²) in [4.78, 5) is 8.93. The molecule has 0 radical (unpaired) electrons. The van der Waals surface area contributed by atoms with Crippen LogP contribution in [0.15, 0.2) is 42.6 Å². The van der Waals surface area contributed by atoms with Crippen LogP contribution in [0.5, 0.6) is 5.75 Å². The number of rotatable bonds is 5. The number of aryl methyl sites for hydroxylation is 2. The Morgan fingerprint density at radius 2 is 2.14 bits per heavy atom. The van der Waals surface area contributed by atoms with Gasteiger partial charge in [-0.05, 0) is 36.2 Å². The van der Waals surface area contributed by atoms with Crippen LogP contribution < -0.4 is 4.74 Å². The third-order valence-electron chi connectivity index (χ3n) is 3.46. The fourth-order valence-electron chi connectivity index (χ4n) is 2.41. The number of aromatic nitrogens is 3. The van der Waals surface area contributed by atoms with Crippen molar-refractivity contribution in [2.45, 2.75) is 18.8 Å². The van der Waals surface area contributed by atoms with Crippen LogP contribution in [0, 0.1) is 0 Å². The topological polar surface area (TPSA) is 39.9 Å². The quantitative estimate of drug-likeness (QED) is 0.678. The summed E-state index contributed by atoms with van der Waals surface area (Å²) in [5.74, 6) is 2.11. The van der Waals surface area contributed by atoms with Gasteiger partial charge in [0.2, 0.25) is 0 Å². The molecule has 0 amide bonds. The van der Waals surface area contributed by atoms with Crippen molar-refractivity contribution in [3.05, 3.63) is 54.0 Å². The molecule has 4 nitrogen and oxygen atoms in total. The second-order valence-electron chi connectivity index (χ2n) is 4.76. The van der Waals surface area contributed by atoms with Crippen LogP contribution in [0.3, 0.4) is 0 Å². The molecule has 0 aliphatic carbocycles. The highest BCUT2D eigenvalue weighted by atomic mass is 35.5. The van der Waals surface area contributed by atoms with Gasteiger partial charge in [-0.2, -0.15) is 0 Å². The molecule has 0 atom stereocenters. The largest absolute Gasteiger partial charge is 0.497 e. The number of hydrogen-bond acceptors (Lipinski definition) is 3. The molecule has 0 aliphatic heterocycles. The van der Waals surface area contributed by atoms with E-state index in [0.29, 0.717) is 5.88 Å². The maximum Gasteiger partial charge on any atom is 0.160 e. The molecule has 0 unspecified atom stereocenters. The number of pyridine rings is 1. The second-order valence-corrected chi connectivity index (χ2v) is 5.03. The molecule has 21 heavy (non-hydrogen) atoms. The van der Waals surface area contributed by atoms with Gasteiger partial charge in [0.15, 0.2) is 5.65 Å². The third-order valence-corrected chi connectivity index (χ3v) is 3.70. The van der Waals surface area contributed by atoms with Crippen LogP contribution >= 0.6 is 11.6 Å². The van der Waals surface area contributed by atoms with E-state index in [1.54, 1.807) is 13.3 Å². The van der Waals surface area contributed by atoms with Crippen molar-refractivity contribution in [1.29, 1.82) is 0 Å². The molecule has 0 N–H and O–H groups in total. The molecule has 5 heteroatoms. The lowest BCUT2D eigenvalue weighted by Crippen LogP contribution is -2.06. The zero-order valence-corrected chi connectivity index (χ0v) is 12.5. The maximum atomic E-state index is 6.00. The first kappa shape index (κ1) is 13.9. The normalized spacial score (nSPS) is 11.0. The van der Waals surface area contributed by atoms with Gasteiger partial charge in [0.1, 0.15) is 17.1 Å². The smallest absolute Gasteiger partial charge is 0.160 e. The molecule has 0 fully saturated rings. The summed E-state index contributed by atoms with van der Waals surface area (Å²) < 4.78 is 7.34. The van der Waals surface area contributed by atoms with E-state index < -0.39 is 0 Å². The minimum absolute atomic E-state index is 0.383. The standard InChI is InChI=1S/C16H16ClN3O/c1-21-13-5-2-4-12(10-13)7-9-20-15(11-17)19-14-6-3-8-18-16(14)20/h2-6,8,10H,7,9,11H2,1H3. The molecular weight excluding hydrogens is 286 g/mol. The summed E-state index contributed by atoms with van der Waals surface area (Å²) in [7, 11) is 1.68. The van der Waals surface area contributed by atoms with Crippen molar-refractivity contribution in [2.24, 2.45) is 0 Å².